The van der Waals surface area contributed by atoms with E-state index in [0.29, 0.717) is 0 Å². The van der Waals surface area contributed by atoms with Gasteiger partial charge in [0.05, 0.1) is 11.3 Å². The summed E-state index contributed by atoms with van der Waals surface area (Å²) in [6.07, 6.45) is 0. The molecule has 0 atom stereocenters. The molecule has 1 heterocycles. The molecule has 0 unspecified atom stereocenters. The minimum Gasteiger partial charge on any atom is -0.503 e. The highest BCUT2D eigenvalue weighted by Crippen LogP contribution is 2.37. The Hall–Kier alpha value is -2.30. The van der Waals surface area contributed by atoms with E-state index in [9.17, 15) is 19.4 Å². The van der Waals surface area contributed by atoms with Crippen molar-refractivity contribution in [3.63, 3.8) is 0 Å². The zero-order valence-electron chi connectivity index (χ0n) is 8.99. The minimum absolute atomic E-state index is 0.0746. The van der Waals surface area contributed by atoms with Gasteiger partial charge in [0, 0.05) is 5.56 Å². The van der Waals surface area contributed by atoms with Crippen molar-refractivity contribution in [2.75, 3.05) is 0 Å². The largest absolute Gasteiger partial charge is 0.503 e. The summed E-state index contributed by atoms with van der Waals surface area (Å²) in [6, 6.07) is 5.78. The summed E-state index contributed by atoms with van der Waals surface area (Å²) in [5.74, 6) is -2.11. The molecule has 0 fully saturated rings. The van der Waals surface area contributed by atoms with Crippen LogP contribution in [0.3, 0.4) is 0 Å². The minimum atomic E-state index is -0.559. The van der Waals surface area contributed by atoms with Gasteiger partial charge in [0.1, 0.15) is 5.82 Å². The van der Waals surface area contributed by atoms with E-state index in [0.717, 1.165) is 0 Å². The average molecular weight is 235 g/mol. The second-order valence-corrected chi connectivity index (χ2v) is 3.61. The highest BCUT2D eigenvalue weighted by atomic mass is 19.1. The molecule has 1 aromatic heterocycles. The molecule has 0 aliphatic carbocycles. The summed E-state index contributed by atoms with van der Waals surface area (Å²) in [5, 5.41) is 18.9. The number of aromatic hydroxyl groups is 2. The Morgan fingerprint density at radius 1 is 1.29 bits per heavy atom. The lowest BCUT2D eigenvalue weighted by Gasteiger charge is -2.02. The molecule has 4 nitrogen and oxygen atoms in total. The lowest BCUT2D eigenvalue weighted by molar-refractivity contribution is 0.101. The van der Waals surface area contributed by atoms with Crippen LogP contribution < -0.4 is 0 Å². The van der Waals surface area contributed by atoms with Crippen molar-refractivity contribution in [1.29, 1.82) is 0 Å². The summed E-state index contributed by atoms with van der Waals surface area (Å²) in [4.78, 5) is 13.8. The molecule has 0 aliphatic heterocycles. The van der Waals surface area contributed by atoms with E-state index in [4.69, 9.17) is 0 Å². The van der Waals surface area contributed by atoms with E-state index in [1.165, 1.54) is 25.1 Å². The molecular formula is C12H10FNO3. The number of Topliss-reactive ketones (excluding diaryl/α,β-unsaturated/α-hetero) is 1. The van der Waals surface area contributed by atoms with E-state index in [-0.39, 0.29) is 16.8 Å². The zero-order chi connectivity index (χ0) is 12.6. The fraction of sp³-hybridized carbons (Fsp3) is 0.0833. The molecule has 17 heavy (non-hydrogen) atoms. The monoisotopic (exact) mass is 235 g/mol. The maximum atomic E-state index is 13.6. The van der Waals surface area contributed by atoms with E-state index >= 15 is 0 Å². The van der Waals surface area contributed by atoms with Crippen LogP contribution in [0.25, 0.3) is 11.3 Å². The number of carbonyl (C=O) groups is 1. The number of benzene rings is 1. The van der Waals surface area contributed by atoms with Crippen LogP contribution in [0.1, 0.15) is 17.3 Å². The second-order valence-electron chi connectivity index (χ2n) is 3.61. The fourth-order valence-electron chi connectivity index (χ4n) is 1.69. The number of carbonyl (C=O) groups excluding carboxylic acids is 1. The standard InChI is InChI=1S/C12H10FNO3/c1-6(15)9-10(14-12(17)11(9)16)7-4-2-3-5-8(7)13/h2-5,14,16-17H,1H3. The first-order valence-electron chi connectivity index (χ1n) is 4.92. The number of ketones is 1. The van der Waals surface area contributed by atoms with Crippen molar-refractivity contribution in [2.45, 2.75) is 6.92 Å². The van der Waals surface area contributed by atoms with Crippen LogP contribution >= 0.6 is 0 Å². The number of aromatic nitrogens is 1. The van der Waals surface area contributed by atoms with Crippen molar-refractivity contribution in [2.24, 2.45) is 0 Å². The van der Waals surface area contributed by atoms with Gasteiger partial charge in [0.15, 0.2) is 11.5 Å². The zero-order valence-corrected chi connectivity index (χ0v) is 8.99. The lowest BCUT2D eigenvalue weighted by atomic mass is 10.0. The molecule has 0 amide bonds. The Balaban J connectivity index is 2.72. The lowest BCUT2D eigenvalue weighted by Crippen LogP contribution is -1.95. The predicted octanol–water partition coefficient (Wildman–Crippen LogP) is 2.43. The molecule has 0 saturated heterocycles. The van der Waals surface area contributed by atoms with Crippen LogP contribution in [0.15, 0.2) is 24.3 Å². The molecule has 3 N–H and O–H groups in total. The highest BCUT2D eigenvalue weighted by Gasteiger charge is 2.22. The van der Waals surface area contributed by atoms with Crippen molar-refractivity contribution in [3.8, 4) is 22.9 Å². The quantitative estimate of drug-likeness (QED) is 0.700. The van der Waals surface area contributed by atoms with Crippen molar-refractivity contribution < 1.29 is 19.4 Å². The third-order valence-electron chi connectivity index (χ3n) is 2.45. The maximum Gasteiger partial charge on any atom is 0.233 e. The van der Waals surface area contributed by atoms with E-state index in [1.807, 2.05) is 0 Å². The van der Waals surface area contributed by atoms with Crippen LogP contribution in [0, 0.1) is 5.82 Å². The van der Waals surface area contributed by atoms with E-state index < -0.39 is 23.2 Å². The Kier molecular flexibility index (Phi) is 2.59. The number of H-pyrrole nitrogens is 1. The van der Waals surface area contributed by atoms with Gasteiger partial charge in [0.25, 0.3) is 0 Å². The Bertz CT molecular complexity index is 589. The van der Waals surface area contributed by atoms with Crippen LogP contribution in [-0.2, 0) is 0 Å². The Morgan fingerprint density at radius 3 is 2.53 bits per heavy atom. The number of nitrogens with one attached hydrogen (secondary N) is 1. The van der Waals surface area contributed by atoms with Gasteiger partial charge in [-0.25, -0.2) is 4.39 Å². The van der Waals surface area contributed by atoms with Gasteiger partial charge in [-0.2, -0.15) is 0 Å². The van der Waals surface area contributed by atoms with Gasteiger partial charge in [-0.1, -0.05) is 12.1 Å². The Labute approximate surface area is 96.3 Å². The predicted molar refractivity (Wildman–Crippen MR) is 59.5 cm³/mol. The highest BCUT2D eigenvalue weighted by molar-refractivity contribution is 6.03. The topological polar surface area (TPSA) is 73.3 Å². The van der Waals surface area contributed by atoms with Gasteiger partial charge in [-0.15, -0.1) is 0 Å². The van der Waals surface area contributed by atoms with Crippen molar-refractivity contribution >= 4 is 5.78 Å². The Morgan fingerprint density at radius 2 is 1.94 bits per heavy atom. The van der Waals surface area contributed by atoms with E-state index in [2.05, 4.69) is 4.98 Å². The first-order valence-corrected chi connectivity index (χ1v) is 4.92. The van der Waals surface area contributed by atoms with Crippen molar-refractivity contribution in [3.05, 3.63) is 35.6 Å². The molecule has 0 aliphatic rings. The number of aromatic amines is 1. The summed E-state index contributed by atoms with van der Waals surface area (Å²) in [7, 11) is 0. The molecule has 5 heteroatoms. The third kappa shape index (κ3) is 1.75. The third-order valence-corrected chi connectivity index (χ3v) is 2.45. The normalized spacial score (nSPS) is 10.5. The molecule has 0 saturated carbocycles. The smallest absolute Gasteiger partial charge is 0.233 e. The number of hydrogen-bond acceptors (Lipinski definition) is 3. The van der Waals surface area contributed by atoms with Crippen LogP contribution in [0.2, 0.25) is 0 Å². The van der Waals surface area contributed by atoms with Gasteiger partial charge in [-0.05, 0) is 19.1 Å². The average Bonchev–Trinajstić information content (AvgIpc) is 2.56. The molecule has 2 aromatic rings. The maximum absolute atomic E-state index is 13.6. The van der Waals surface area contributed by atoms with Gasteiger partial charge >= 0.3 is 0 Å². The van der Waals surface area contributed by atoms with Crippen LogP contribution in [-0.4, -0.2) is 21.0 Å². The van der Waals surface area contributed by atoms with Crippen LogP contribution in [0.4, 0.5) is 4.39 Å². The fourth-order valence-corrected chi connectivity index (χ4v) is 1.69. The van der Waals surface area contributed by atoms with Crippen molar-refractivity contribution in [1.82, 2.24) is 4.98 Å². The second kappa shape index (κ2) is 3.93. The summed E-state index contributed by atoms with van der Waals surface area (Å²) < 4.78 is 13.6. The van der Waals surface area contributed by atoms with Gasteiger partial charge < -0.3 is 15.2 Å². The SMILES string of the molecule is CC(=O)c1c(-c2ccccc2F)[nH]c(O)c1O. The molecule has 0 bridgehead atoms. The van der Waals surface area contributed by atoms with Gasteiger partial charge in [-0.3, -0.25) is 4.79 Å². The number of hydrogen-bond donors (Lipinski definition) is 3. The molecule has 2 rings (SSSR count). The van der Waals surface area contributed by atoms with Crippen LogP contribution in [0.5, 0.6) is 11.6 Å². The summed E-state index contributed by atoms with van der Waals surface area (Å²) in [6.45, 7) is 1.23. The molecule has 0 spiro atoms. The molecular weight excluding hydrogens is 225 g/mol. The summed E-state index contributed by atoms with van der Waals surface area (Å²) >= 11 is 0. The number of halogens is 1. The molecule has 0 radical (unpaired) electrons. The summed E-state index contributed by atoms with van der Waals surface area (Å²) in [5.41, 5.74) is 0.0755. The first-order chi connectivity index (χ1) is 8.02. The van der Waals surface area contributed by atoms with E-state index in [1.54, 1.807) is 6.07 Å². The first kappa shape index (κ1) is 11.2. The molecule has 88 valence electrons. The number of rotatable bonds is 2. The molecule has 1 aromatic carbocycles. The van der Waals surface area contributed by atoms with Gasteiger partial charge in [0.2, 0.25) is 5.88 Å².